The zero-order valence-electron chi connectivity index (χ0n) is 16.5. The molecular weight excluding hydrogens is 413 g/mol. The lowest BCUT2D eigenvalue weighted by Crippen LogP contribution is -2.33. The summed E-state index contributed by atoms with van der Waals surface area (Å²) in [6.07, 6.45) is 0.875. The summed E-state index contributed by atoms with van der Waals surface area (Å²) in [5, 5.41) is 1.37. The fourth-order valence-corrected chi connectivity index (χ4v) is 4.06. The zero-order valence-corrected chi connectivity index (χ0v) is 18.9. The zero-order chi connectivity index (χ0) is 19.6. The van der Waals surface area contributed by atoms with Gasteiger partial charge in [-0.25, -0.2) is 4.98 Å². The summed E-state index contributed by atoms with van der Waals surface area (Å²) in [5.74, 6) is -0.0436. The molecule has 0 saturated heterocycles. The number of fused-ring (bicyclic) bond motifs is 1. The van der Waals surface area contributed by atoms with Crippen LogP contribution in [0.4, 0.5) is 5.13 Å². The second-order valence-corrected chi connectivity index (χ2v) is 8.47. The molecule has 3 aromatic rings. The van der Waals surface area contributed by atoms with Crippen molar-refractivity contribution in [3.05, 3.63) is 58.1 Å². The molecule has 0 spiro atoms. The molecule has 7 heteroatoms. The van der Waals surface area contributed by atoms with E-state index in [1.54, 1.807) is 40.5 Å². The highest BCUT2D eigenvalue weighted by molar-refractivity contribution is 7.22. The minimum Gasteiger partial charge on any atom is -0.309 e. The maximum absolute atomic E-state index is 13.2. The highest BCUT2D eigenvalue weighted by atomic mass is 35.5. The van der Waals surface area contributed by atoms with E-state index in [0.717, 1.165) is 28.3 Å². The molecule has 28 heavy (non-hydrogen) atoms. The average Bonchev–Trinajstić information content (AvgIpc) is 3.01. The third-order valence-corrected chi connectivity index (χ3v) is 5.84. The van der Waals surface area contributed by atoms with Crippen LogP contribution in [0.25, 0.3) is 10.2 Å². The van der Waals surface area contributed by atoms with Crippen LogP contribution in [0.2, 0.25) is 5.02 Å². The second-order valence-electron chi connectivity index (χ2n) is 7.02. The number of amides is 1. The minimum atomic E-state index is -0.0436. The molecule has 1 heterocycles. The molecule has 0 bridgehead atoms. The third kappa shape index (κ3) is 5.23. The standard InChI is InChI=1S/C21H24ClN3OS.ClH/c1-14-12-18-19(13-15(14)2)27-21(23-18)25(11-5-10-24(3)4)20(26)16-6-8-17(22)9-7-16;/h6-9,12-13H,5,10-11H2,1-4H3;1H. The van der Waals surface area contributed by atoms with Crippen molar-refractivity contribution in [1.82, 2.24) is 9.88 Å². The lowest BCUT2D eigenvalue weighted by Gasteiger charge is -2.21. The van der Waals surface area contributed by atoms with E-state index in [9.17, 15) is 4.79 Å². The van der Waals surface area contributed by atoms with E-state index in [1.807, 2.05) is 14.1 Å². The van der Waals surface area contributed by atoms with Crippen LogP contribution in [0.5, 0.6) is 0 Å². The van der Waals surface area contributed by atoms with Crippen molar-refractivity contribution in [2.24, 2.45) is 0 Å². The van der Waals surface area contributed by atoms with Crippen LogP contribution in [-0.2, 0) is 0 Å². The molecule has 1 amide bonds. The van der Waals surface area contributed by atoms with Crippen molar-refractivity contribution >= 4 is 56.6 Å². The fourth-order valence-electron chi connectivity index (χ4n) is 2.86. The maximum atomic E-state index is 13.2. The molecule has 1 aromatic heterocycles. The van der Waals surface area contributed by atoms with E-state index < -0.39 is 0 Å². The van der Waals surface area contributed by atoms with Crippen molar-refractivity contribution in [3.63, 3.8) is 0 Å². The molecule has 0 N–H and O–H groups in total. The number of halogens is 2. The van der Waals surface area contributed by atoms with E-state index >= 15 is 0 Å². The molecule has 0 aliphatic heterocycles. The van der Waals surface area contributed by atoms with E-state index in [-0.39, 0.29) is 18.3 Å². The van der Waals surface area contributed by atoms with Gasteiger partial charge in [0.1, 0.15) is 0 Å². The van der Waals surface area contributed by atoms with Gasteiger partial charge in [0.25, 0.3) is 5.91 Å². The Balaban J connectivity index is 0.00000280. The summed E-state index contributed by atoms with van der Waals surface area (Å²) in [4.78, 5) is 21.9. The summed E-state index contributed by atoms with van der Waals surface area (Å²) in [7, 11) is 4.07. The second kappa shape index (κ2) is 9.70. The first-order valence-electron chi connectivity index (χ1n) is 8.95. The summed E-state index contributed by atoms with van der Waals surface area (Å²) in [6.45, 7) is 5.72. The first-order chi connectivity index (χ1) is 12.8. The molecule has 0 fully saturated rings. The van der Waals surface area contributed by atoms with Gasteiger partial charge < -0.3 is 4.90 Å². The van der Waals surface area contributed by atoms with Gasteiger partial charge >= 0.3 is 0 Å². The number of aromatic nitrogens is 1. The van der Waals surface area contributed by atoms with Gasteiger partial charge in [-0.05, 0) is 88.4 Å². The molecule has 0 radical (unpaired) electrons. The fraction of sp³-hybridized carbons (Fsp3) is 0.333. The number of hydrogen-bond acceptors (Lipinski definition) is 4. The molecular formula is C21H25Cl2N3OS. The van der Waals surface area contributed by atoms with Gasteiger partial charge in [-0.2, -0.15) is 0 Å². The van der Waals surface area contributed by atoms with Gasteiger partial charge in [0.15, 0.2) is 5.13 Å². The summed E-state index contributed by atoms with van der Waals surface area (Å²) < 4.78 is 1.11. The minimum absolute atomic E-state index is 0. The van der Waals surface area contributed by atoms with Crippen LogP contribution >= 0.6 is 35.3 Å². The Hall–Kier alpha value is -1.66. The number of rotatable bonds is 6. The predicted octanol–water partition coefficient (Wildman–Crippen LogP) is 5.59. The molecule has 4 nitrogen and oxygen atoms in total. The number of nitrogens with zero attached hydrogens (tertiary/aromatic N) is 3. The molecule has 3 rings (SSSR count). The van der Waals surface area contributed by atoms with Gasteiger partial charge in [0.05, 0.1) is 10.2 Å². The van der Waals surface area contributed by atoms with Gasteiger partial charge in [-0.15, -0.1) is 12.4 Å². The molecule has 0 saturated carbocycles. The van der Waals surface area contributed by atoms with E-state index in [2.05, 4.69) is 30.9 Å². The molecule has 150 valence electrons. The first-order valence-corrected chi connectivity index (χ1v) is 10.1. The van der Waals surface area contributed by atoms with Crippen LogP contribution in [0, 0.1) is 13.8 Å². The number of hydrogen-bond donors (Lipinski definition) is 0. The van der Waals surface area contributed by atoms with Gasteiger partial charge in [0.2, 0.25) is 0 Å². The monoisotopic (exact) mass is 437 g/mol. The van der Waals surface area contributed by atoms with Crippen LogP contribution < -0.4 is 4.90 Å². The van der Waals surface area contributed by atoms with Crippen LogP contribution in [-0.4, -0.2) is 43.0 Å². The number of thiazole rings is 1. The Morgan fingerprint density at radius 1 is 1.07 bits per heavy atom. The van der Waals surface area contributed by atoms with Gasteiger partial charge in [-0.1, -0.05) is 22.9 Å². The van der Waals surface area contributed by atoms with Crippen molar-refractivity contribution in [2.75, 3.05) is 32.1 Å². The summed E-state index contributed by atoms with van der Waals surface area (Å²) in [5.41, 5.74) is 4.01. The Kier molecular flexibility index (Phi) is 7.84. The van der Waals surface area contributed by atoms with Gasteiger partial charge in [0, 0.05) is 17.1 Å². The van der Waals surface area contributed by atoms with Gasteiger partial charge in [-0.3, -0.25) is 9.69 Å². The van der Waals surface area contributed by atoms with E-state index in [1.165, 1.54) is 11.1 Å². The van der Waals surface area contributed by atoms with Crippen molar-refractivity contribution in [3.8, 4) is 0 Å². The smallest absolute Gasteiger partial charge is 0.260 e. The summed E-state index contributed by atoms with van der Waals surface area (Å²) in [6, 6.07) is 11.3. The molecule has 0 atom stereocenters. The highest BCUT2D eigenvalue weighted by Gasteiger charge is 2.21. The Morgan fingerprint density at radius 3 is 2.36 bits per heavy atom. The summed E-state index contributed by atoms with van der Waals surface area (Å²) >= 11 is 7.54. The number of carbonyl (C=O) groups excluding carboxylic acids is 1. The SMILES string of the molecule is Cc1cc2nc(N(CCCN(C)C)C(=O)c3ccc(Cl)cc3)sc2cc1C.Cl. The lowest BCUT2D eigenvalue weighted by atomic mass is 10.1. The molecule has 0 aliphatic carbocycles. The normalized spacial score (nSPS) is 10.9. The lowest BCUT2D eigenvalue weighted by molar-refractivity contribution is 0.0986. The number of benzene rings is 2. The Morgan fingerprint density at radius 2 is 1.71 bits per heavy atom. The number of anilines is 1. The van der Waals surface area contributed by atoms with E-state index in [0.29, 0.717) is 17.1 Å². The third-order valence-electron chi connectivity index (χ3n) is 4.55. The van der Waals surface area contributed by atoms with Crippen molar-refractivity contribution < 1.29 is 4.79 Å². The number of aryl methyl sites for hydroxylation is 2. The molecule has 0 aliphatic rings. The molecule has 2 aromatic carbocycles. The highest BCUT2D eigenvalue weighted by Crippen LogP contribution is 2.31. The molecule has 0 unspecified atom stereocenters. The Labute approximate surface area is 181 Å². The largest absolute Gasteiger partial charge is 0.309 e. The van der Waals surface area contributed by atoms with Crippen LogP contribution in [0.15, 0.2) is 36.4 Å². The van der Waals surface area contributed by atoms with E-state index in [4.69, 9.17) is 16.6 Å². The quantitative estimate of drug-likeness (QED) is 0.504. The topological polar surface area (TPSA) is 36.4 Å². The van der Waals surface area contributed by atoms with Crippen LogP contribution in [0.3, 0.4) is 0 Å². The maximum Gasteiger partial charge on any atom is 0.260 e. The van der Waals surface area contributed by atoms with Crippen LogP contribution in [0.1, 0.15) is 27.9 Å². The van der Waals surface area contributed by atoms with Crippen molar-refractivity contribution in [2.45, 2.75) is 20.3 Å². The first kappa shape index (κ1) is 22.6. The average molecular weight is 438 g/mol. The predicted molar refractivity (Wildman–Crippen MR) is 123 cm³/mol. The van der Waals surface area contributed by atoms with Crippen molar-refractivity contribution in [1.29, 1.82) is 0 Å². The number of carbonyl (C=O) groups is 1. The Bertz CT molecular complexity index is 915.